The highest BCUT2D eigenvalue weighted by molar-refractivity contribution is 4.92. The highest BCUT2D eigenvalue weighted by Gasteiger charge is 2.37. The van der Waals surface area contributed by atoms with Gasteiger partial charge in [-0.05, 0) is 43.9 Å². The topological polar surface area (TPSA) is 30.5 Å². The minimum atomic E-state index is 0.618. The molecular formula is C14H27NO2. The van der Waals surface area contributed by atoms with Gasteiger partial charge in [-0.2, -0.15) is 0 Å². The molecule has 3 heteroatoms. The maximum absolute atomic E-state index is 5.53. The quantitative estimate of drug-likeness (QED) is 0.596. The second-order valence-electron chi connectivity index (χ2n) is 5.72. The van der Waals surface area contributed by atoms with Crippen LogP contribution in [0.15, 0.2) is 0 Å². The van der Waals surface area contributed by atoms with Gasteiger partial charge in [0, 0.05) is 26.3 Å². The zero-order valence-electron chi connectivity index (χ0n) is 11.2. The number of hydrogen-bond acceptors (Lipinski definition) is 3. The Balaban J connectivity index is 1.51. The molecule has 2 rings (SSSR count). The zero-order valence-corrected chi connectivity index (χ0v) is 11.2. The lowest BCUT2D eigenvalue weighted by molar-refractivity contribution is 0.0517. The van der Waals surface area contributed by atoms with E-state index in [4.69, 9.17) is 9.47 Å². The van der Waals surface area contributed by atoms with Crippen molar-refractivity contribution in [2.24, 2.45) is 5.41 Å². The molecule has 0 atom stereocenters. The Morgan fingerprint density at radius 3 is 2.59 bits per heavy atom. The Bertz CT molecular complexity index is 212. The van der Waals surface area contributed by atoms with Crippen molar-refractivity contribution in [1.29, 1.82) is 0 Å². The highest BCUT2D eigenvalue weighted by Crippen LogP contribution is 2.44. The fourth-order valence-corrected chi connectivity index (χ4v) is 2.63. The molecule has 0 saturated heterocycles. The predicted octanol–water partition coefficient (Wildman–Crippen LogP) is 2.35. The summed E-state index contributed by atoms with van der Waals surface area (Å²) in [5.41, 5.74) is 0.618. The van der Waals surface area contributed by atoms with Crippen molar-refractivity contribution in [3.63, 3.8) is 0 Å². The second kappa shape index (κ2) is 6.72. The van der Waals surface area contributed by atoms with E-state index in [1.165, 1.54) is 51.5 Å². The summed E-state index contributed by atoms with van der Waals surface area (Å²) in [5.74, 6) is 0. The van der Waals surface area contributed by atoms with Crippen LogP contribution in [0.25, 0.3) is 0 Å². The van der Waals surface area contributed by atoms with Gasteiger partial charge < -0.3 is 14.8 Å². The fraction of sp³-hybridized carbons (Fsp3) is 1.00. The van der Waals surface area contributed by atoms with Crippen LogP contribution in [0.4, 0.5) is 0 Å². The summed E-state index contributed by atoms with van der Waals surface area (Å²) in [6, 6.07) is 0.852. The summed E-state index contributed by atoms with van der Waals surface area (Å²) in [6.45, 7) is 3.60. The van der Waals surface area contributed by atoms with E-state index in [0.717, 1.165) is 19.3 Å². The molecule has 0 bridgehead atoms. The molecule has 0 aromatic rings. The van der Waals surface area contributed by atoms with Crippen LogP contribution in [-0.2, 0) is 9.47 Å². The molecule has 0 aromatic heterocycles. The third-order valence-electron chi connectivity index (χ3n) is 4.18. The molecular weight excluding hydrogens is 214 g/mol. The normalized spacial score (nSPS) is 22.4. The van der Waals surface area contributed by atoms with Crippen LogP contribution in [-0.4, -0.2) is 39.5 Å². The van der Waals surface area contributed by atoms with Gasteiger partial charge in [-0.1, -0.05) is 6.42 Å². The van der Waals surface area contributed by atoms with Crippen molar-refractivity contribution in [3.05, 3.63) is 0 Å². The average Bonchev–Trinajstić information content (AvgIpc) is 3.09. The maximum Gasteiger partial charge on any atom is 0.0700 e. The molecule has 0 unspecified atom stereocenters. The second-order valence-corrected chi connectivity index (χ2v) is 5.72. The largest absolute Gasteiger partial charge is 0.382 e. The molecule has 3 nitrogen and oxygen atoms in total. The molecule has 0 radical (unpaired) electrons. The number of methoxy groups -OCH3 is 1. The first-order valence-corrected chi connectivity index (χ1v) is 7.15. The third kappa shape index (κ3) is 4.57. The standard InChI is InChI=1S/C14H27NO2/c1-16-10-11-17-9-3-8-14(6-2-7-14)12-15-13-4-5-13/h13,15H,2-12H2,1H3. The van der Waals surface area contributed by atoms with Gasteiger partial charge in [0.05, 0.1) is 13.2 Å². The molecule has 0 amide bonds. The van der Waals surface area contributed by atoms with E-state index in [1.54, 1.807) is 7.11 Å². The average molecular weight is 241 g/mol. The molecule has 2 aliphatic carbocycles. The minimum absolute atomic E-state index is 0.618. The van der Waals surface area contributed by atoms with Gasteiger partial charge >= 0.3 is 0 Å². The molecule has 0 heterocycles. The lowest BCUT2D eigenvalue weighted by Gasteiger charge is -2.42. The number of ether oxygens (including phenoxy) is 2. The van der Waals surface area contributed by atoms with Gasteiger partial charge in [0.1, 0.15) is 0 Å². The maximum atomic E-state index is 5.53. The van der Waals surface area contributed by atoms with Gasteiger partial charge in [-0.3, -0.25) is 0 Å². The Labute approximate surface area is 105 Å². The number of hydrogen-bond donors (Lipinski definition) is 1. The van der Waals surface area contributed by atoms with Crippen molar-refractivity contribution >= 4 is 0 Å². The third-order valence-corrected chi connectivity index (χ3v) is 4.18. The lowest BCUT2D eigenvalue weighted by atomic mass is 9.66. The van der Waals surface area contributed by atoms with E-state index in [-0.39, 0.29) is 0 Å². The van der Waals surface area contributed by atoms with Crippen molar-refractivity contribution < 1.29 is 9.47 Å². The predicted molar refractivity (Wildman–Crippen MR) is 69.2 cm³/mol. The smallest absolute Gasteiger partial charge is 0.0700 e. The van der Waals surface area contributed by atoms with Gasteiger partial charge in [-0.25, -0.2) is 0 Å². The lowest BCUT2D eigenvalue weighted by Crippen LogP contribution is -2.40. The van der Waals surface area contributed by atoms with Crippen LogP contribution in [0, 0.1) is 5.41 Å². The molecule has 100 valence electrons. The van der Waals surface area contributed by atoms with Gasteiger partial charge in [0.2, 0.25) is 0 Å². The first-order valence-electron chi connectivity index (χ1n) is 7.15. The molecule has 2 aliphatic rings. The van der Waals surface area contributed by atoms with E-state index in [2.05, 4.69) is 5.32 Å². The van der Waals surface area contributed by atoms with Crippen LogP contribution < -0.4 is 5.32 Å². The molecule has 2 saturated carbocycles. The Morgan fingerprint density at radius 2 is 2.00 bits per heavy atom. The van der Waals surface area contributed by atoms with Crippen molar-refractivity contribution in [2.75, 3.05) is 33.5 Å². The van der Waals surface area contributed by atoms with E-state index in [9.17, 15) is 0 Å². The van der Waals surface area contributed by atoms with Crippen molar-refractivity contribution in [1.82, 2.24) is 5.32 Å². The van der Waals surface area contributed by atoms with Crippen LogP contribution in [0.3, 0.4) is 0 Å². The zero-order chi connectivity index (χ0) is 12.0. The summed E-state index contributed by atoms with van der Waals surface area (Å²) in [6.07, 6.45) is 9.61. The molecule has 1 N–H and O–H groups in total. The fourth-order valence-electron chi connectivity index (χ4n) is 2.63. The van der Waals surface area contributed by atoms with E-state index < -0.39 is 0 Å². The molecule has 0 aliphatic heterocycles. The number of nitrogens with one attached hydrogen (secondary N) is 1. The van der Waals surface area contributed by atoms with Crippen LogP contribution in [0.1, 0.15) is 44.9 Å². The van der Waals surface area contributed by atoms with Crippen molar-refractivity contribution in [3.8, 4) is 0 Å². The summed E-state index contributed by atoms with van der Waals surface area (Å²) in [7, 11) is 1.72. The monoisotopic (exact) mass is 241 g/mol. The van der Waals surface area contributed by atoms with Crippen LogP contribution in [0.2, 0.25) is 0 Å². The SMILES string of the molecule is COCCOCCCC1(CNC2CC2)CCC1. The first kappa shape index (κ1) is 13.3. The van der Waals surface area contributed by atoms with Crippen LogP contribution in [0.5, 0.6) is 0 Å². The highest BCUT2D eigenvalue weighted by atomic mass is 16.5. The number of rotatable bonds is 10. The summed E-state index contributed by atoms with van der Waals surface area (Å²) < 4.78 is 10.5. The van der Waals surface area contributed by atoms with Gasteiger partial charge in [-0.15, -0.1) is 0 Å². The first-order chi connectivity index (χ1) is 8.35. The molecule has 0 aromatic carbocycles. The van der Waals surface area contributed by atoms with E-state index in [1.807, 2.05) is 0 Å². The van der Waals surface area contributed by atoms with Crippen molar-refractivity contribution in [2.45, 2.75) is 51.0 Å². The molecule has 17 heavy (non-hydrogen) atoms. The van der Waals surface area contributed by atoms with E-state index in [0.29, 0.717) is 12.0 Å². The van der Waals surface area contributed by atoms with Gasteiger partial charge in [0.25, 0.3) is 0 Å². The van der Waals surface area contributed by atoms with Crippen LogP contribution >= 0.6 is 0 Å². The summed E-state index contributed by atoms with van der Waals surface area (Å²) in [5, 5.41) is 3.70. The molecule has 2 fully saturated rings. The van der Waals surface area contributed by atoms with E-state index >= 15 is 0 Å². The minimum Gasteiger partial charge on any atom is -0.382 e. The Kier molecular flexibility index (Phi) is 5.26. The Morgan fingerprint density at radius 1 is 1.18 bits per heavy atom. The molecule has 0 spiro atoms. The van der Waals surface area contributed by atoms with Gasteiger partial charge in [0.15, 0.2) is 0 Å². The summed E-state index contributed by atoms with van der Waals surface area (Å²) in [4.78, 5) is 0. The summed E-state index contributed by atoms with van der Waals surface area (Å²) >= 11 is 0. The Hall–Kier alpha value is -0.120.